The Hall–Kier alpha value is -0.120. The summed E-state index contributed by atoms with van der Waals surface area (Å²) in [5.41, 5.74) is -1.32. The molecule has 3 nitrogen and oxygen atoms in total. The van der Waals surface area contributed by atoms with Gasteiger partial charge in [-0.15, -0.1) is 0 Å². The van der Waals surface area contributed by atoms with Crippen LogP contribution in [0.1, 0.15) is 46.5 Å². The van der Waals surface area contributed by atoms with Crippen LogP contribution in [-0.2, 0) is 0 Å². The highest BCUT2D eigenvalue weighted by Crippen LogP contribution is 2.25. The van der Waals surface area contributed by atoms with Crippen LogP contribution in [0.2, 0.25) is 0 Å². The fourth-order valence-corrected chi connectivity index (χ4v) is 1.66. The van der Waals surface area contributed by atoms with Crippen LogP contribution in [-0.4, -0.2) is 33.1 Å². The van der Waals surface area contributed by atoms with Gasteiger partial charge in [-0.1, -0.05) is 27.2 Å². The van der Waals surface area contributed by atoms with Crippen molar-refractivity contribution in [3.8, 4) is 0 Å². The maximum atomic E-state index is 10.0. The average molecular weight is 190 g/mol. The molecule has 3 heteroatoms. The van der Waals surface area contributed by atoms with E-state index in [2.05, 4.69) is 0 Å². The lowest BCUT2D eigenvalue weighted by molar-refractivity contribution is -0.152. The van der Waals surface area contributed by atoms with Crippen molar-refractivity contribution in [3.05, 3.63) is 0 Å². The molecule has 0 fully saturated rings. The monoisotopic (exact) mass is 190 g/mol. The van der Waals surface area contributed by atoms with Gasteiger partial charge in [0.25, 0.3) is 0 Å². The summed E-state index contributed by atoms with van der Waals surface area (Å²) in [5.74, 6) is 0. The standard InChI is InChI=1S/C10H22O3/c1-4-7-10(13,8(11)5-2)9(12)6-3/h8-9,11-13H,4-7H2,1-3H3. The van der Waals surface area contributed by atoms with Gasteiger partial charge in [0.15, 0.2) is 0 Å². The fourth-order valence-electron chi connectivity index (χ4n) is 1.66. The Labute approximate surface area is 80.4 Å². The van der Waals surface area contributed by atoms with Crippen LogP contribution in [0.15, 0.2) is 0 Å². The SMILES string of the molecule is CCCC(O)(C(O)CC)C(O)CC. The molecule has 0 aromatic heterocycles. The lowest BCUT2D eigenvalue weighted by Crippen LogP contribution is -2.51. The smallest absolute Gasteiger partial charge is 0.116 e. The molecular formula is C10H22O3. The van der Waals surface area contributed by atoms with Gasteiger partial charge in [-0.3, -0.25) is 0 Å². The van der Waals surface area contributed by atoms with Gasteiger partial charge < -0.3 is 15.3 Å². The zero-order valence-electron chi connectivity index (χ0n) is 8.82. The van der Waals surface area contributed by atoms with Crippen LogP contribution in [0.3, 0.4) is 0 Å². The van der Waals surface area contributed by atoms with Gasteiger partial charge >= 0.3 is 0 Å². The molecule has 0 bridgehead atoms. The van der Waals surface area contributed by atoms with Crippen molar-refractivity contribution < 1.29 is 15.3 Å². The summed E-state index contributed by atoms with van der Waals surface area (Å²) in [5, 5.41) is 29.2. The minimum atomic E-state index is -1.32. The van der Waals surface area contributed by atoms with Crippen LogP contribution in [0.25, 0.3) is 0 Å². The number of rotatable bonds is 6. The van der Waals surface area contributed by atoms with Gasteiger partial charge in [-0.2, -0.15) is 0 Å². The Balaban J connectivity index is 4.50. The van der Waals surface area contributed by atoms with Gasteiger partial charge in [-0.05, 0) is 19.3 Å². The van der Waals surface area contributed by atoms with E-state index in [-0.39, 0.29) is 0 Å². The highest BCUT2D eigenvalue weighted by molar-refractivity contribution is 4.91. The van der Waals surface area contributed by atoms with E-state index in [9.17, 15) is 15.3 Å². The molecule has 0 aliphatic carbocycles. The number of hydrogen-bond donors (Lipinski definition) is 3. The molecule has 0 amide bonds. The largest absolute Gasteiger partial charge is 0.390 e. The molecule has 0 aliphatic rings. The minimum absolute atomic E-state index is 0.441. The molecule has 0 spiro atoms. The minimum Gasteiger partial charge on any atom is -0.390 e. The first-order valence-corrected chi connectivity index (χ1v) is 5.11. The van der Waals surface area contributed by atoms with E-state index in [0.717, 1.165) is 6.42 Å². The summed E-state index contributed by atoms with van der Waals surface area (Å²) in [7, 11) is 0. The number of aliphatic hydroxyl groups is 3. The predicted octanol–water partition coefficient (Wildman–Crippen LogP) is 1.06. The van der Waals surface area contributed by atoms with Crippen LogP contribution in [0.5, 0.6) is 0 Å². The fraction of sp³-hybridized carbons (Fsp3) is 1.00. The molecule has 0 radical (unpaired) electrons. The Kier molecular flexibility index (Phi) is 5.53. The van der Waals surface area contributed by atoms with Crippen molar-refractivity contribution in [1.29, 1.82) is 0 Å². The highest BCUT2D eigenvalue weighted by Gasteiger charge is 2.39. The van der Waals surface area contributed by atoms with Crippen LogP contribution in [0.4, 0.5) is 0 Å². The van der Waals surface area contributed by atoms with Crippen molar-refractivity contribution in [3.63, 3.8) is 0 Å². The lowest BCUT2D eigenvalue weighted by Gasteiger charge is -2.36. The average Bonchev–Trinajstić information content (AvgIpc) is 2.15. The summed E-state index contributed by atoms with van der Waals surface area (Å²) >= 11 is 0. The quantitative estimate of drug-likeness (QED) is 0.587. The topological polar surface area (TPSA) is 60.7 Å². The molecule has 2 unspecified atom stereocenters. The van der Waals surface area contributed by atoms with Crippen LogP contribution in [0, 0.1) is 0 Å². The van der Waals surface area contributed by atoms with Crippen LogP contribution >= 0.6 is 0 Å². The van der Waals surface area contributed by atoms with E-state index in [0.29, 0.717) is 19.3 Å². The molecule has 0 aromatic rings. The van der Waals surface area contributed by atoms with E-state index in [1.165, 1.54) is 0 Å². The van der Waals surface area contributed by atoms with Gasteiger partial charge in [0.05, 0.1) is 12.2 Å². The Morgan fingerprint density at radius 1 is 1.00 bits per heavy atom. The van der Waals surface area contributed by atoms with Crippen molar-refractivity contribution in [1.82, 2.24) is 0 Å². The van der Waals surface area contributed by atoms with E-state index in [1.807, 2.05) is 6.92 Å². The Morgan fingerprint density at radius 3 is 1.62 bits per heavy atom. The van der Waals surface area contributed by atoms with Gasteiger partial charge in [-0.25, -0.2) is 0 Å². The molecule has 0 saturated carbocycles. The van der Waals surface area contributed by atoms with Crippen molar-refractivity contribution in [2.24, 2.45) is 0 Å². The number of hydrogen-bond acceptors (Lipinski definition) is 3. The normalized spacial score (nSPS) is 20.8. The lowest BCUT2D eigenvalue weighted by atomic mass is 9.83. The molecule has 0 saturated heterocycles. The summed E-state index contributed by atoms with van der Waals surface area (Å²) < 4.78 is 0. The molecule has 0 rings (SSSR count). The van der Waals surface area contributed by atoms with Gasteiger partial charge in [0.1, 0.15) is 5.60 Å². The van der Waals surface area contributed by atoms with E-state index < -0.39 is 17.8 Å². The number of aliphatic hydroxyl groups excluding tert-OH is 2. The summed E-state index contributed by atoms with van der Waals surface area (Å²) in [6.07, 6.45) is 0.466. The molecule has 0 heterocycles. The third-order valence-corrected chi connectivity index (χ3v) is 2.58. The summed E-state index contributed by atoms with van der Waals surface area (Å²) in [4.78, 5) is 0. The zero-order chi connectivity index (χ0) is 10.5. The van der Waals surface area contributed by atoms with E-state index >= 15 is 0 Å². The molecular weight excluding hydrogens is 168 g/mol. The van der Waals surface area contributed by atoms with Gasteiger partial charge in [0, 0.05) is 0 Å². The van der Waals surface area contributed by atoms with E-state index in [4.69, 9.17) is 0 Å². The molecule has 0 aliphatic heterocycles. The second-order valence-corrected chi connectivity index (χ2v) is 3.59. The molecule has 80 valence electrons. The second kappa shape index (κ2) is 5.58. The molecule has 0 aromatic carbocycles. The summed E-state index contributed by atoms with van der Waals surface area (Å²) in [6.45, 7) is 5.52. The van der Waals surface area contributed by atoms with Crippen molar-refractivity contribution >= 4 is 0 Å². The Morgan fingerprint density at radius 2 is 1.38 bits per heavy atom. The molecule has 3 N–H and O–H groups in total. The Bertz CT molecular complexity index is 126. The third kappa shape index (κ3) is 2.93. The first-order valence-electron chi connectivity index (χ1n) is 5.11. The maximum absolute atomic E-state index is 10.0. The first-order chi connectivity index (χ1) is 6.02. The predicted molar refractivity (Wildman–Crippen MR) is 52.5 cm³/mol. The molecule has 2 atom stereocenters. The maximum Gasteiger partial charge on any atom is 0.116 e. The van der Waals surface area contributed by atoms with Crippen molar-refractivity contribution in [2.45, 2.75) is 64.3 Å². The van der Waals surface area contributed by atoms with E-state index in [1.54, 1.807) is 13.8 Å². The third-order valence-electron chi connectivity index (χ3n) is 2.58. The highest BCUT2D eigenvalue weighted by atomic mass is 16.4. The first kappa shape index (κ1) is 12.9. The van der Waals surface area contributed by atoms with Crippen LogP contribution < -0.4 is 0 Å². The summed E-state index contributed by atoms with van der Waals surface area (Å²) in [6, 6.07) is 0. The zero-order valence-corrected chi connectivity index (χ0v) is 8.82. The second-order valence-electron chi connectivity index (χ2n) is 3.59. The van der Waals surface area contributed by atoms with Crippen molar-refractivity contribution in [2.75, 3.05) is 0 Å². The molecule has 13 heavy (non-hydrogen) atoms. The van der Waals surface area contributed by atoms with Gasteiger partial charge in [0.2, 0.25) is 0 Å².